The van der Waals surface area contributed by atoms with Crippen LogP contribution in [0.2, 0.25) is 0 Å². The van der Waals surface area contributed by atoms with E-state index < -0.39 is 0 Å². The Bertz CT molecular complexity index is 762. The number of anilines is 1. The van der Waals surface area contributed by atoms with Gasteiger partial charge in [-0.15, -0.1) is 0 Å². The lowest BCUT2D eigenvalue weighted by atomic mass is 10.2. The zero-order valence-corrected chi connectivity index (χ0v) is 13.6. The van der Waals surface area contributed by atoms with Crippen LogP contribution in [0.5, 0.6) is 11.5 Å². The minimum atomic E-state index is 0.719. The van der Waals surface area contributed by atoms with Crippen molar-refractivity contribution in [2.45, 2.75) is 20.4 Å². The molecule has 4 heteroatoms. The summed E-state index contributed by atoms with van der Waals surface area (Å²) in [5, 5.41) is 4.02. The standard InChI is InChI=1S/C19H20N2O2/c1-14-17(15(2)23-20-14)13-21(3)18-11-7-8-12-19(18)22-16-9-5-4-6-10-16/h4-12H,13H2,1-3H3. The first-order valence-corrected chi connectivity index (χ1v) is 7.60. The van der Waals surface area contributed by atoms with E-state index in [1.54, 1.807) is 0 Å². The average molecular weight is 308 g/mol. The zero-order valence-electron chi connectivity index (χ0n) is 13.6. The predicted octanol–water partition coefficient (Wildman–Crippen LogP) is 4.72. The van der Waals surface area contributed by atoms with Crippen molar-refractivity contribution in [1.29, 1.82) is 0 Å². The number of rotatable bonds is 5. The highest BCUT2D eigenvalue weighted by Gasteiger charge is 2.14. The smallest absolute Gasteiger partial charge is 0.150 e. The van der Waals surface area contributed by atoms with Gasteiger partial charge in [-0.3, -0.25) is 0 Å². The summed E-state index contributed by atoms with van der Waals surface area (Å²) in [6.07, 6.45) is 0. The molecule has 0 aliphatic carbocycles. The van der Waals surface area contributed by atoms with E-state index >= 15 is 0 Å². The Kier molecular flexibility index (Phi) is 4.33. The fourth-order valence-corrected chi connectivity index (χ4v) is 2.52. The molecule has 0 saturated carbocycles. The molecule has 0 aliphatic rings. The van der Waals surface area contributed by atoms with Gasteiger partial charge in [0.15, 0.2) is 5.75 Å². The van der Waals surface area contributed by atoms with Crippen molar-refractivity contribution in [3.63, 3.8) is 0 Å². The normalized spacial score (nSPS) is 10.6. The van der Waals surface area contributed by atoms with Gasteiger partial charge in [0.1, 0.15) is 11.5 Å². The molecule has 0 spiro atoms. The van der Waals surface area contributed by atoms with E-state index in [1.807, 2.05) is 69.4 Å². The second-order valence-electron chi connectivity index (χ2n) is 5.54. The van der Waals surface area contributed by atoms with E-state index in [4.69, 9.17) is 9.26 Å². The number of para-hydroxylation sites is 3. The SMILES string of the molecule is Cc1noc(C)c1CN(C)c1ccccc1Oc1ccccc1. The van der Waals surface area contributed by atoms with Gasteiger partial charge in [-0.05, 0) is 38.1 Å². The maximum absolute atomic E-state index is 6.03. The summed E-state index contributed by atoms with van der Waals surface area (Å²) in [5.41, 5.74) is 3.06. The van der Waals surface area contributed by atoms with Crippen molar-refractivity contribution < 1.29 is 9.26 Å². The van der Waals surface area contributed by atoms with Gasteiger partial charge >= 0.3 is 0 Å². The highest BCUT2D eigenvalue weighted by molar-refractivity contribution is 5.59. The Balaban J connectivity index is 1.85. The number of hydrogen-bond donors (Lipinski definition) is 0. The summed E-state index contributed by atoms with van der Waals surface area (Å²) in [7, 11) is 2.04. The van der Waals surface area contributed by atoms with Gasteiger partial charge < -0.3 is 14.2 Å². The highest BCUT2D eigenvalue weighted by Crippen LogP contribution is 2.32. The number of nitrogens with zero attached hydrogens (tertiary/aromatic N) is 2. The Morgan fingerprint density at radius 3 is 2.39 bits per heavy atom. The molecule has 3 rings (SSSR count). The molecule has 0 unspecified atom stereocenters. The van der Waals surface area contributed by atoms with E-state index in [-0.39, 0.29) is 0 Å². The number of aryl methyl sites for hydroxylation is 2. The summed E-state index contributed by atoms with van der Waals surface area (Å²) in [5.74, 6) is 2.51. The van der Waals surface area contributed by atoms with Gasteiger partial charge in [0.05, 0.1) is 11.4 Å². The Morgan fingerprint density at radius 2 is 1.70 bits per heavy atom. The maximum atomic E-state index is 6.03. The van der Waals surface area contributed by atoms with Crippen molar-refractivity contribution in [2.24, 2.45) is 0 Å². The molecule has 0 N–H and O–H groups in total. The third-order valence-corrected chi connectivity index (χ3v) is 3.82. The molecule has 0 bridgehead atoms. The molecule has 3 aromatic rings. The van der Waals surface area contributed by atoms with Crippen molar-refractivity contribution in [3.05, 3.63) is 71.6 Å². The largest absolute Gasteiger partial charge is 0.455 e. The number of ether oxygens (including phenoxy) is 1. The molecule has 0 amide bonds. The van der Waals surface area contributed by atoms with E-state index in [0.717, 1.165) is 40.7 Å². The van der Waals surface area contributed by atoms with E-state index in [1.165, 1.54) is 0 Å². The van der Waals surface area contributed by atoms with Gasteiger partial charge in [0.25, 0.3) is 0 Å². The molecule has 1 heterocycles. The molecule has 118 valence electrons. The summed E-state index contributed by atoms with van der Waals surface area (Å²) >= 11 is 0. The molecule has 0 atom stereocenters. The Morgan fingerprint density at radius 1 is 1.00 bits per heavy atom. The fraction of sp³-hybridized carbons (Fsp3) is 0.211. The minimum Gasteiger partial charge on any atom is -0.455 e. The second kappa shape index (κ2) is 6.57. The van der Waals surface area contributed by atoms with Crippen molar-refractivity contribution in [2.75, 3.05) is 11.9 Å². The van der Waals surface area contributed by atoms with E-state index in [9.17, 15) is 0 Å². The van der Waals surface area contributed by atoms with Crippen LogP contribution >= 0.6 is 0 Å². The van der Waals surface area contributed by atoms with Crippen LogP contribution in [0.15, 0.2) is 59.1 Å². The van der Waals surface area contributed by atoms with Crippen LogP contribution in [0.3, 0.4) is 0 Å². The number of aromatic nitrogens is 1. The van der Waals surface area contributed by atoms with Crippen molar-refractivity contribution in [1.82, 2.24) is 5.16 Å². The molecule has 0 saturated heterocycles. The van der Waals surface area contributed by atoms with Crippen LogP contribution in [0.1, 0.15) is 17.0 Å². The zero-order chi connectivity index (χ0) is 16.2. The Labute approximate surface area is 136 Å². The van der Waals surface area contributed by atoms with Gasteiger partial charge in [-0.1, -0.05) is 35.5 Å². The van der Waals surface area contributed by atoms with Gasteiger partial charge in [-0.25, -0.2) is 0 Å². The van der Waals surface area contributed by atoms with Crippen LogP contribution in [-0.2, 0) is 6.54 Å². The monoisotopic (exact) mass is 308 g/mol. The first-order chi connectivity index (χ1) is 11.1. The van der Waals surface area contributed by atoms with Crippen LogP contribution in [0.25, 0.3) is 0 Å². The van der Waals surface area contributed by atoms with Crippen LogP contribution < -0.4 is 9.64 Å². The van der Waals surface area contributed by atoms with Crippen LogP contribution in [-0.4, -0.2) is 12.2 Å². The molecule has 1 aromatic heterocycles. The average Bonchev–Trinajstić information content (AvgIpc) is 2.88. The molecular formula is C19H20N2O2. The van der Waals surface area contributed by atoms with Gasteiger partial charge in [0, 0.05) is 19.2 Å². The lowest BCUT2D eigenvalue weighted by Gasteiger charge is -2.22. The maximum Gasteiger partial charge on any atom is 0.150 e. The molecule has 4 nitrogen and oxygen atoms in total. The second-order valence-corrected chi connectivity index (χ2v) is 5.54. The lowest BCUT2D eigenvalue weighted by Crippen LogP contribution is -2.17. The Hall–Kier alpha value is -2.75. The first kappa shape index (κ1) is 15.2. The van der Waals surface area contributed by atoms with Crippen LogP contribution in [0.4, 0.5) is 5.69 Å². The third kappa shape index (κ3) is 3.37. The summed E-state index contributed by atoms with van der Waals surface area (Å²) in [6.45, 7) is 4.62. The topological polar surface area (TPSA) is 38.5 Å². The molecule has 0 fully saturated rings. The summed E-state index contributed by atoms with van der Waals surface area (Å²) < 4.78 is 11.3. The highest BCUT2D eigenvalue weighted by atomic mass is 16.5. The molecule has 23 heavy (non-hydrogen) atoms. The third-order valence-electron chi connectivity index (χ3n) is 3.82. The summed E-state index contributed by atoms with van der Waals surface area (Å²) in [4.78, 5) is 2.14. The van der Waals surface area contributed by atoms with Crippen LogP contribution in [0, 0.1) is 13.8 Å². The molecule has 2 aromatic carbocycles. The summed E-state index contributed by atoms with van der Waals surface area (Å²) in [6, 6.07) is 17.8. The minimum absolute atomic E-state index is 0.719. The van der Waals surface area contributed by atoms with Gasteiger partial charge in [0.2, 0.25) is 0 Å². The van der Waals surface area contributed by atoms with Gasteiger partial charge in [-0.2, -0.15) is 0 Å². The predicted molar refractivity (Wildman–Crippen MR) is 91.0 cm³/mol. The van der Waals surface area contributed by atoms with E-state index in [2.05, 4.69) is 16.1 Å². The first-order valence-electron chi connectivity index (χ1n) is 7.60. The quantitative estimate of drug-likeness (QED) is 0.683. The van der Waals surface area contributed by atoms with E-state index in [0.29, 0.717) is 0 Å². The lowest BCUT2D eigenvalue weighted by molar-refractivity contribution is 0.392. The molecule has 0 aliphatic heterocycles. The fourth-order valence-electron chi connectivity index (χ4n) is 2.52. The molecule has 0 radical (unpaired) electrons. The van der Waals surface area contributed by atoms with Crippen molar-refractivity contribution >= 4 is 5.69 Å². The number of benzene rings is 2. The molecular weight excluding hydrogens is 288 g/mol. The van der Waals surface area contributed by atoms with Crippen molar-refractivity contribution in [3.8, 4) is 11.5 Å². The number of hydrogen-bond acceptors (Lipinski definition) is 4.